The molecule has 3 rings (SSSR count). The fourth-order valence-corrected chi connectivity index (χ4v) is 3.19. The Morgan fingerprint density at radius 2 is 1.58 bits per heavy atom. The summed E-state index contributed by atoms with van der Waals surface area (Å²) >= 11 is 0. The molecular weight excluding hydrogens is 300 g/mol. The summed E-state index contributed by atoms with van der Waals surface area (Å²) in [5, 5.41) is 3.13. The van der Waals surface area contributed by atoms with Gasteiger partial charge in [0.05, 0.1) is 0 Å². The quantitative estimate of drug-likeness (QED) is 0.927. The average molecular weight is 328 g/mol. The first kappa shape index (κ1) is 17.0. The van der Waals surface area contributed by atoms with Crippen molar-refractivity contribution in [1.29, 1.82) is 0 Å². The van der Waals surface area contributed by atoms with Gasteiger partial charge in [-0.1, -0.05) is 32.9 Å². The molecule has 1 saturated carbocycles. The minimum atomic E-state index is 0.0969. The zero-order valence-corrected chi connectivity index (χ0v) is 15.0. The van der Waals surface area contributed by atoms with E-state index in [0.717, 1.165) is 44.3 Å². The van der Waals surface area contributed by atoms with E-state index in [1.807, 2.05) is 17.0 Å². The second-order valence-electron chi connectivity index (χ2n) is 8.18. The number of piperidine rings is 1. The maximum Gasteiger partial charge on any atom is 0.253 e. The Morgan fingerprint density at radius 3 is 2.08 bits per heavy atom. The molecule has 0 atom stereocenters. The Labute approximate surface area is 144 Å². The van der Waals surface area contributed by atoms with Crippen LogP contribution in [0.25, 0.3) is 0 Å². The minimum Gasteiger partial charge on any atom is -0.353 e. The van der Waals surface area contributed by atoms with E-state index in [1.165, 1.54) is 5.56 Å². The summed E-state index contributed by atoms with van der Waals surface area (Å²) in [6.45, 7) is 7.95. The lowest BCUT2D eigenvalue weighted by molar-refractivity contribution is -0.123. The van der Waals surface area contributed by atoms with Crippen molar-refractivity contribution >= 4 is 11.8 Å². The Bertz CT molecular complexity index is 604. The van der Waals surface area contributed by atoms with Crippen molar-refractivity contribution in [3.63, 3.8) is 0 Å². The number of benzene rings is 1. The van der Waals surface area contributed by atoms with Gasteiger partial charge in [0.1, 0.15) is 0 Å². The summed E-state index contributed by atoms with van der Waals surface area (Å²) in [5.41, 5.74) is 2.09. The number of nitrogens with zero attached hydrogens (tertiary/aromatic N) is 1. The third-order valence-corrected chi connectivity index (χ3v) is 5.07. The van der Waals surface area contributed by atoms with Crippen molar-refractivity contribution in [2.24, 2.45) is 5.92 Å². The highest BCUT2D eigenvalue weighted by Gasteiger charge is 2.32. The molecule has 2 aliphatic rings. The van der Waals surface area contributed by atoms with Crippen LogP contribution >= 0.6 is 0 Å². The van der Waals surface area contributed by atoms with Crippen LogP contribution in [0.2, 0.25) is 0 Å². The number of rotatable bonds is 3. The molecule has 4 heteroatoms. The number of hydrogen-bond donors (Lipinski definition) is 1. The first-order chi connectivity index (χ1) is 11.3. The zero-order chi connectivity index (χ0) is 17.3. The highest BCUT2D eigenvalue weighted by Crippen LogP contribution is 2.29. The van der Waals surface area contributed by atoms with E-state index in [1.54, 1.807) is 0 Å². The van der Waals surface area contributed by atoms with Crippen molar-refractivity contribution in [3.05, 3.63) is 35.4 Å². The van der Waals surface area contributed by atoms with E-state index in [4.69, 9.17) is 0 Å². The van der Waals surface area contributed by atoms with Crippen LogP contribution in [-0.4, -0.2) is 35.8 Å². The van der Waals surface area contributed by atoms with Crippen molar-refractivity contribution in [2.45, 2.75) is 57.9 Å². The van der Waals surface area contributed by atoms with Crippen LogP contribution in [0.5, 0.6) is 0 Å². The Kier molecular flexibility index (Phi) is 4.66. The lowest BCUT2D eigenvalue weighted by atomic mass is 9.86. The predicted octanol–water partition coefficient (Wildman–Crippen LogP) is 3.11. The van der Waals surface area contributed by atoms with Crippen molar-refractivity contribution in [2.75, 3.05) is 13.1 Å². The van der Waals surface area contributed by atoms with Gasteiger partial charge in [-0.3, -0.25) is 9.59 Å². The average Bonchev–Trinajstić information content (AvgIpc) is 3.39. The Hall–Kier alpha value is -1.84. The molecule has 1 aliphatic carbocycles. The summed E-state index contributed by atoms with van der Waals surface area (Å²) in [4.78, 5) is 26.4. The predicted molar refractivity (Wildman–Crippen MR) is 94.9 cm³/mol. The summed E-state index contributed by atoms with van der Waals surface area (Å²) in [6.07, 6.45) is 3.77. The number of amides is 2. The molecule has 0 unspecified atom stereocenters. The maximum atomic E-state index is 12.6. The molecule has 0 aromatic heterocycles. The topological polar surface area (TPSA) is 49.4 Å². The first-order valence-corrected chi connectivity index (χ1v) is 9.05. The third-order valence-electron chi connectivity index (χ3n) is 5.07. The molecule has 130 valence electrons. The van der Waals surface area contributed by atoms with Crippen molar-refractivity contribution in [1.82, 2.24) is 10.2 Å². The minimum absolute atomic E-state index is 0.0969. The zero-order valence-electron chi connectivity index (χ0n) is 15.0. The summed E-state index contributed by atoms with van der Waals surface area (Å²) in [7, 11) is 0. The second kappa shape index (κ2) is 6.58. The van der Waals surface area contributed by atoms with Gasteiger partial charge in [0.2, 0.25) is 5.91 Å². The van der Waals surface area contributed by atoms with E-state index < -0.39 is 0 Å². The summed E-state index contributed by atoms with van der Waals surface area (Å²) in [6, 6.07) is 8.20. The smallest absolute Gasteiger partial charge is 0.253 e. The van der Waals surface area contributed by atoms with E-state index in [2.05, 4.69) is 38.2 Å². The van der Waals surface area contributed by atoms with Gasteiger partial charge >= 0.3 is 0 Å². The van der Waals surface area contributed by atoms with Crippen LogP contribution in [0.3, 0.4) is 0 Å². The van der Waals surface area contributed by atoms with E-state index in [-0.39, 0.29) is 29.2 Å². The fraction of sp³-hybridized carbons (Fsp3) is 0.600. The molecule has 1 N–H and O–H groups in total. The van der Waals surface area contributed by atoms with Gasteiger partial charge < -0.3 is 10.2 Å². The van der Waals surface area contributed by atoms with Crippen LogP contribution < -0.4 is 5.32 Å². The normalized spacial score (nSPS) is 19.2. The summed E-state index contributed by atoms with van der Waals surface area (Å²) < 4.78 is 0. The number of hydrogen-bond acceptors (Lipinski definition) is 2. The Morgan fingerprint density at radius 1 is 1.00 bits per heavy atom. The lowest BCUT2D eigenvalue weighted by Gasteiger charge is -2.32. The van der Waals surface area contributed by atoms with Gasteiger partial charge in [0, 0.05) is 30.6 Å². The molecule has 4 nitrogen and oxygen atoms in total. The number of nitrogens with one attached hydrogen (secondary N) is 1. The van der Waals surface area contributed by atoms with Crippen LogP contribution in [0, 0.1) is 5.92 Å². The fourth-order valence-electron chi connectivity index (χ4n) is 3.19. The molecule has 1 saturated heterocycles. The largest absolute Gasteiger partial charge is 0.353 e. The van der Waals surface area contributed by atoms with Gasteiger partial charge in [-0.15, -0.1) is 0 Å². The van der Waals surface area contributed by atoms with Gasteiger partial charge in [0.25, 0.3) is 5.91 Å². The molecule has 2 fully saturated rings. The lowest BCUT2D eigenvalue weighted by Crippen LogP contribution is -2.46. The molecule has 1 aromatic rings. The molecule has 1 aliphatic heterocycles. The standard InChI is InChI=1S/C20H28N2O2/c1-20(2,3)16-8-6-15(7-9-16)19(24)22-12-10-17(11-13-22)21-18(23)14-4-5-14/h6-9,14,17H,4-5,10-13H2,1-3H3,(H,21,23). The molecule has 1 aromatic carbocycles. The highest BCUT2D eigenvalue weighted by atomic mass is 16.2. The molecular formula is C20H28N2O2. The van der Waals surface area contributed by atoms with E-state index in [0.29, 0.717) is 0 Å². The second-order valence-corrected chi connectivity index (χ2v) is 8.18. The molecule has 1 heterocycles. The monoisotopic (exact) mass is 328 g/mol. The third kappa shape index (κ3) is 3.97. The number of carbonyl (C=O) groups is 2. The molecule has 0 bridgehead atoms. The van der Waals surface area contributed by atoms with Crippen molar-refractivity contribution < 1.29 is 9.59 Å². The van der Waals surface area contributed by atoms with Crippen LogP contribution in [0.4, 0.5) is 0 Å². The molecule has 2 amide bonds. The molecule has 24 heavy (non-hydrogen) atoms. The van der Waals surface area contributed by atoms with E-state index in [9.17, 15) is 9.59 Å². The van der Waals surface area contributed by atoms with E-state index >= 15 is 0 Å². The maximum absolute atomic E-state index is 12.6. The van der Waals surface area contributed by atoms with Crippen LogP contribution in [-0.2, 0) is 10.2 Å². The molecule has 0 spiro atoms. The number of likely N-dealkylation sites (tertiary alicyclic amines) is 1. The molecule has 0 radical (unpaired) electrons. The van der Waals surface area contributed by atoms with Gasteiger partial charge in [-0.05, 0) is 48.8 Å². The van der Waals surface area contributed by atoms with Crippen molar-refractivity contribution in [3.8, 4) is 0 Å². The number of carbonyl (C=O) groups excluding carboxylic acids is 2. The van der Waals surface area contributed by atoms with Gasteiger partial charge in [0.15, 0.2) is 0 Å². The Balaban J connectivity index is 1.53. The van der Waals surface area contributed by atoms with Crippen LogP contribution in [0.15, 0.2) is 24.3 Å². The first-order valence-electron chi connectivity index (χ1n) is 9.05. The van der Waals surface area contributed by atoms with Crippen LogP contribution in [0.1, 0.15) is 62.4 Å². The van der Waals surface area contributed by atoms with Gasteiger partial charge in [-0.25, -0.2) is 0 Å². The highest BCUT2D eigenvalue weighted by molar-refractivity contribution is 5.94. The van der Waals surface area contributed by atoms with Gasteiger partial charge in [-0.2, -0.15) is 0 Å². The SMILES string of the molecule is CC(C)(C)c1ccc(C(=O)N2CCC(NC(=O)C3CC3)CC2)cc1. The summed E-state index contributed by atoms with van der Waals surface area (Å²) in [5.74, 6) is 0.561.